The molecule has 4 aliphatic carbocycles. The van der Waals surface area contributed by atoms with Crippen LogP contribution in [0, 0.1) is 35.0 Å². The number of allylic oxidation sites excluding steroid dienone is 2. The van der Waals surface area contributed by atoms with E-state index < -0.39 is 0 Å². The first-order valence-corrected chi connectivity index (χ1v) is 8.83. The molecular weight excluding hydrogens is 244 g/mol. The minimum Gasteiger partial charge on any atom is -0.299 e. The number of rotatable bonds is 0. The summed E-state index contributed by atoms with van der Waals surface area (Å²) in [5, 5.41) is 0. The van der Waals surface area contributed by atoms with Gasteiger partial charge in [-0.25, -0.2) is 0 Å². The maximum Gasteiger partial charge on any atom is 0.139 e. The second-order valence-corrected chi connectivity index (χ2v) is 8.26. The number of ketones is 1. The fourth-order valence-electron chi connectivity index (χ4n) is 6.66. The molecule has 0 amide bonds. The lowest BCUT2D eigenvalue weighted by Crippen LogP contribution is -2.50. The molecule has 6 atom stereocenters. The van der Waals surface area contributed by atoms with E-state index in [4.69, 9.17) is 0 Å². The zero-order chi connectivity index (χ0) is 13.9. The average Bonchev–Trinajstić information content (AvgIpc) is 2.74. The lowest BCUT2D eigenvalue weighted by atomic mass is 9.49. The second-order valence-electron chi connectivity index (χ2n) is 8.26. The van der Waals surface area contributed by atoms with Gasteiger partial charge in [-0.15, -0.1) is 0 Å². The van der Waals surface area contributed by atoms with Crippen LogP contribution >= 0.6 is 0 Å². The molecule has 3 saturated carbocycles. The number of fused-ring (bicyclic) bond motifs is 5. The summed E-state index contributed by atoms with van der Waals surface area (Å²) in [6, 6.07) is 0. The topological polar surface area (TPSA) is 17.1 Å². The highest BCUT2D eigenvalue weighted by atomic mass is 16.1. The van der Waals surface area contributed by atoms with Crippen LogP contribution in [0.15, 0.2) is 11.6 Å². The Labute approximate surface area is 123 Å². The van der Waals surface area contributed by atoms with Gasteiger partial charge in [0.05, 0.1) is 0 Å². The van der Waals surface area contributed by atoms with Crippen molar-refractivity contribution in [2.75, 3.05) is 0 Å². The van der Waals surface area contributed by atoms with Crippen LogP contribution in [0.25, 0.3) is 0 Å². The molecule has 0 aromatic carbocycles. The molecule has 0 aromatic rings. The highest BCUT2D eigenvalue weighted by Crippen LogP contribution is 2.62. The molecule has 4 rings (SSSR count). The molecular formula is C19H28O. The Morgan fingerprint density at radius 1 is 1.20 bits per heavy atom. The molecule has 0 unspecified atom stereocenters. The molecule has 0 radical (unpaired) electrons. The van der Waals surface area contributed by atoms with E-state index in [1.807, 2.05) is 0 Å². The lowest BCUT2D eigenvalue weighted by molar-refractivity contribution is -0.133. The molecule has 110 valence electrons. The van der Waals surface area contributed by atoms with Crippen molar-refractivity contribution in [3.05, 3.63) is 11.6 Å². The maximum absolute atomic E-state index is 12.4. The summed E-state index contributed by atoms with van der Waals surface area (Å²) >= 11 is 0. The molecule has 1 nitrogen and oxygen atoms in total. The number of carbonyl (C=O) groups is 1. The van der Waals surface area contributed by atoms with Crippen molar-refractivity contribution in [3.63, 3.8) is 0 Å². The average molecular weight is 272 g/mol. The minimum absolute atomic E-state index is 0.0382. The van der Waals surface area contributed by atoms with Gasteiger partial charge in [-0.1, -0.05) is 25.5 Å². The summed E-state index contributed by atoms with van der Waals surface area (Å²) in [4.78, 5) is 12.4. The number of hydrogen-bond acceptors (Lipinski definition) is 1. The Morgan fingerprint density at radius 3 is 2.90 bits per heavy atom. The molecule has 0 saturated heterocycles. The number of Topliss-reactive ketones (excluding diaryl/α,β-unsaturated/α-hetero) is 1. The fraction of sp³-hybridized carbons (Fsp3) is 0.842. The van der Waals surface area contributed by atoms with Crippen LogP contribution in [0.3, 0.4) is 0 Å². The smallest absolute Gasteiger partial charge is 0.139 e. The molecule has 4 aliphatic rings. The summed E-state index contributed by atoms with van der Waals surface area (Å²) in [5.41, 5.74) is 1.83. The van der Waals surface area contributed by atoms with Crippen LogP contribution in [-0.4, -0.2) is 5.78 Å². The molecule has 0 heterocycles. The molecule has 1 heteroatoms. The van der Waals surface area contributed by atoms with Crippen molar-refractivity contribution in [1.82, 2.24) is 0 Å². The van der Waals surface area contributed by atoms with Gasteiger partial charge in [0.15, 0.2) is 0 Å². The van der Waals surface area contributed by atoms with Gasteiger partial charge in [-0.05, 0) is 74.5 Å². The van der Waals surface area contributed by atoms with E-state index >= 15 is 0 Å². The second kappa shape index (κ2) is 4.45. The van der Waals surface area contributed by atoms with Gasteiger partial charge in [0.2, 0.25) is 0 Å². The first kappa shape index (κ1) is 13.1. The standard InChI is InChI=1S/C19H28O/c1-12-11-19(2)16(9-10-17(19)20)15-8-7-13-5-3-4-6-14(13)18(12)15/h5,12,14-16,18H,3-4,6-11H2,1-2H3/t12-,14-,15-,16-,18+,19-/m0/s1. The summed E-state index contributed by atoms with van der Waals surface area (Å²) < 4.78 is 0. The normalized spacial score (nSPS) is 51.0. The van der Waals surface area contributed by atoms with Crippen LogP contribution in [0.5, 0.6) is 0 Å². The zero-order valence-electron chi connectivity index (χ0n) is 13.0. The molecule has 3 fully saturated rings. The Hall–Kier alpha value is -0.590. The third-order valence-electron chi connectivity index (χ3n) is 7.39. The van der Waals surface area contributed by atoms with Crippen LogP contribution in [0.4, 0.5) is 0 Å². The summed E-state index contributed by atoms with van der Waals surface area (Å²) in [5.74, 6) is 4.64. The SMILES string of the molecule is C[C@H]1C[C@]2(C)C(=O)CC[C@H]2[C@@H]2CCC3=CCCC[C@@H]3[C@H]21. The van der Waals surface area contributed by atoms with Crippen molar-refractivity contribution in [2.45, 2.75) is 65.2 Å². The first-order valence-electron chi connectivity index (χ1n) is 8.83. The van der Waals surface area contributed by atoms with E-state index in [9.17, 15) is 4.79 Å². The van der Waals surface area contributed by atoms with Gasteiger partial charge < -0.3 is 0 Å². The highest BCUT2D eigenvalue weighted by molar-refractivity contribution is 5.87. The number of hydrogen-bond donors (Lipinski definition) is 0. The Morgan fingerprint density at radius 2 is 2.05 bits per heavy atom. The van der Waals surface area contributed by atoms with Gasteiger partial charge in [-0.3, -0.25) is 4.79 Å². The molecule has 0 aromatic heterocycles. The van der Waals surface area contributed by atoms with Crippen LogP contribution in [0.1, 0.15) is 65.2 Å². The van der Waals surface area contributed by atoms with Crippen molar-refractivity contribution in [3.8, 4) is 0 Å². The zero-order valence-corrected chi connectivity index (χ0v) is 13.0. The third kappa shape index (κ3) is 1.64. The van der Waals surface area contributed by atoms with E-state index in [2.05, 4.69) is 19.9 Å². The van der Waals surface area contributed by atoms with Gasteiger partial charge in [0.1, 0.15) is 5.78 Å². The van der Waals surface area contributed by atoms with Crippen LogP contribution in [0.2, 0.25) is 0 Å². The fourth-order valence-corrected chi connectivity index (χ4v) is 6.66. The Kier molecular flexibility index (Phi) is 2.91. The monoisotopic (exact) mass is 272 g/mol. The maximum atomic E-state index is 12.4. The molecule has 0 aliphatic heterocycles. The van der Waals surface area contributed by atoms with E-state index in [1.54, 1.807) is 5.57 Å². The predicted molar refractivity (Wildman–Crippen MR) is 81.3 cm³/mol. The van der Waals surface area contributed by atoms with Gasteiger partial charge in [0, 0.05) is 11.8 Å². The largest absolute Gasteiger partial charge is 0.299 e. The van der Waals surface area contributed by atoms with E-state index in [-0.39, 0.29) is 5.41 Å². The molecule has 0 bridgehead atoms. The Balaban J connectivity index is 1.70. The van der Waals surface area contributed by atoms with Gasteiger partial charge >= 0.3 is 0 Å². The van der Waals surface area contributed by atoms with Crippen LogP contribution in [-0.2, 0) is 4.79 Å². The molecule has 0 N–H and O–H groups in total. The Bertz CT molecular complexity index is 462. The molecule has 20 heavy (non-hydrogen) atoms. The quantitative estimate of drug-likeness (QED) is 0.581. The lowest BCUT2D eigenvalue weighted by Gasteiger charge is -2.55. The van der Waals surface area contributed by atoms with E-state index in [1.165, 1.54) is 44.9 Å². The van der Waals surface area contributed by atoms with E-state index in [0.29, 0.717) is 11.7 Å². The summed E-state index contributed by atoms with van der Waals surface area (Å²) in [6.45, 7) is 4.74. The summed E-state index contributed by atoms with van der Waals surface area (Å²) in [7, 11) is 0. The molecule has 0 spiro atoms. The minimum atomic E-state index is 0.0382. The predicted octanol–water partition coefficient (Wildman–Crippen LogP) is 4.76. The first-order chi connectivity index (χ1) is 9.61. The number of carbonyl (C=O) groups excluding carboxylic acids is 1. The van der Waals surface area contributed by atoms with Gasteiger partial charge in [0.25, 0.3) is 0 Å². The van der Waals surface area contributed by atoms with E-state index in [0.717, 1.165) is 30.1 Å². The summed E-state index contributed by atoms with van der Waals surface area (Å²) in [6.07, 6.45) is 12.6. The van der Waals surface area contributed by atoms with Crippen molar-refractivity contribution in [2.24, 2.45) is 35.0 Å². The van der Waals surface area contributed by atoms with Crippen molar-refractivity contribution in [1.29, 1.82) is 0 Å². The van der Waals surface area contributed by atoms with Crippen LogP contribution < -0.4 is 0 Å². The third-order valence-corrected chi connectivity index (χ3v) is 7.39. The van der Waals surface area contributed by atoms with Gasteiger partial charge in [-0.2, -0.15) is 0 Å². The highest BCUT2D eigenvalue weighted by Gasteiger charge is 2.58. The van der Waals surface area contributed by atoms with Crippen molar-refractivity contribution < 1.29 is 4.79 Å². The van der Waals surface area contributed by atoms with Crippen molar-refractivity contribution >= 4 is 5.78 Å².